The molecule has 0 spiro atoms. The molecule has 0 unspecified atom stereocenters. The SMILES string of the molecule is CN(CCC(=O)O)C(=O)CCC(=O)N1CCN(c2ccccc2)CC1. The number of carbonyl (C=O) groups is 3. The van der Waals surface area contributed by atoms with Crippen molar-refractivity contribution >= 4 is 23.5 Å². The van der Waals surface area contributed by atoms with Crippen LogP contribution in [0.25, 0.3) is 0 Å². The Kier molecular flexibility index (Phi) is 6.80. The fourth-order valence-electron chi connectivity index (χ4n) is 2.80. The van der Waals surface area contributed by atoms with E-state index in [9.17, 15) is 14.4 Å². The van der Waals surface area contributed by atoms with Gasteiger partial charge in [0.05, 0.1) is 6.42 Å². The van der Waals surface area contributed by atoms with Gasteiger partial charge in [0.25, 0.3) is 0 Å². The average molecular weight is 347 g/mol. The number of hydrogen-bond donors (Lipinski definition) is 1. The van der Waals surface area contributed by atoms with Crippen molar-refractivity contribution in [2.75, 3.05) is 44.7 Å². The maximum Gasteiger partial charge on any atom is 0.305 e. The van der Waals surface area contributed by atoms with Crippen molar-refractivity contribution in [3.8, 4) is 0 Å². The molecule has 1 aromatic carbocycles. The van der Waals surface area contributed by atoms with Gasteiger partial charge in [-0.3, -0.25) is 14.4 Å². The Morgan fingerprint density at radius 3 is 2.24 bits per heavy atom. The largest absolute Gasteiger partial charge is 0.481 e. The molecule has 1 heterocycles. The minimum Gasteiger partial charge on any atom is -0.481 e. The molecule has 2 amide bonds. The Morgan fingerprint density at radius 2 is 1.64 bits per heavy atom. The van der Waals surface area contributed by atoms with Crippen molar-refractivity contribution in [2.24, 2.45) is 0 Å². The van der Waals surface area contributed by atoms with Gasteiger partial charge < -0.3 is 19.8 Å². The summed E-state index contributed by atoms with van der Waals surface area (Å²) in [4.78, 5) is 40.1. The Bertz CT molecular complexity index is 598. The number of rotatable bonds is 7. The van der Waals surface area contributed by atoms with E-state index < -0.39 is 5.97 Å². The fourth-order valence-corrected chi connectivity index (χ4v) is 2.80. The van der Waals surface area contributed by atoms with Crippen LogP contribution in [0.3, 0.4) is 0 Å². The number of carbonyl (C=O) groups excluding carboxylic acids is 2. The van der Waals surface area contributed by atoms with E-state index in [1.165, 1.54) is 4.90 Å². The third-order valence-electron chi connectivity index (χ3n) is 4.39. The summed E-state index contributed by atoms with van der Waals surface area (Å²) in [6.07, 6.45) is 0.201. The lowest BCUT2D eigenvalue weighted by Crippen LogP contribution is -2.49. The van der Waals surface area contributed by atoms with Crippen LogP contribution in [-0.4, -0.2) is 72.5 Å². The molecule has 0 bridgehead atoms. The monoisotopic (exact) mass is 347 g/mol. The van der Waals surface area contributed by atoms with Crippen LogP contribution in [0.15, 0.2) is 30.3 Å². The van der Waals surface area contributed by atoms with Crippen molar-refractivity contribution in [3.05, 3.63) is 30.3 Å². The first-order chi connectivity index (χ1) is 12.0. The van der Waals surface area contributed by atoms with E-state index in [0.717, 1.165) is 18.8 Å². The summed E-state index contributed by atoms with van der Waals surface area (Å²) in [5.74, 6) is -1.16. The maximum atomic E-state index is 12.3. The fraction of sp³-hybridized carbons (Fsp3) is 0.500. The molecule has 25 heavy (non-hydrogen) atoms. The number of piperazine rings is 1. The van der Waals surface area contributed by atoms with Crippen LogP contribution in [0.5, 0.6) is 0 Å². The summed E-state index contributed by atoms with van der Waals surface area (Å²) in [6.45, 7) is 3.02. The second kappa shape index (κ2) is 9.05. The molecule has 0 aromatic heterocycles. The molecule has 1 N–H and O–H groups in total. The predicted octanol–water partition coefficient (Wildman–Crippen LogP) is 1.05. The lowest BCUT2D eigenvalue weighted by molar-refractivity contribution is -0.139. The highest BCUT2D eigenvalue weighted by atomic mass is 16.4. The van der Waals surface area contributed by atoms with Crippen LogP contribution >= 0.6 is 0 Å². The third-order valence-corrected chi connectivity index (χ3v) is 4.39. The number of nitrogens with zero attached hydrogens (tertiary/aromatic N) is 3. The van der Waals surface area contributed by atoms with Gasteiger partial charge >= 0.3 is 5.97 Å². The molecular formula is C18H25N3O4. The van der Waals surface area contributed by atoms with Crippen LogP contribution < -0.4 is 4.90 Å². The average Bonchev–Trinajstić information content (AvgIpc) is 2.64. The van der Waals surface area contributed by atoms with E-state index in [1.807, 2.05) is 18.2 Å². The molecule has 0 aliphatic carbocycles. The van der Waals surface area contributed by atoms with E-state index in [0.29, 0.717) is 13.1 Å². The topological polar surface area (TPSA) is 81.2 Å². The first-order valence-electron chi connectivity index (χ1n) is 8.51. The molecule has 136 valence electrons. The Hall–Kier alpha value is -2.57. The zero-order chi connectivity index (χ0) is 18.2. The minimum atomic E-state index is -0.938. The normalized spacial score (nSPS) is 14.3. The van der Waals surface area contributed by atoms with Gasteiger partial charge in [-0.25, -0.2) is 0 Å². The molecule has 0 saturated carbocycles. The molecule has 1 aromatic rings. The number of anilines is 1. The molecule has 2 rings (SSSR count). The van der Waals surface area contributed by atoms with Crippen molar-refractivity contribution < 1.29 is 19.5 Å². The van der Waals surface area contributed by atoms with Crippen molar-refractivity contribution in [1.29, 1.82) is 0 Å². The number of carboxylic acid groups (broad SMARTS) is 1. The van der Waals surface area contributed by atoms with Gasteiger partial charge in [0.15, 0.2) is 0 Å². The summed E-state index contributed by atoms with van der Waals surface area (Å²) >= 11 is 0. The van der Waals surface area contributed by atoms with Crippen molar-refractivity contribution in [2.45, 2.75) is 19.3 Å². The van der Waals surface area contributed by atoms with Crippen LogP contribution in [0, 0.1) is 0 Å². The van der Waals surface area contributed by atoms with E-state index in [1.54, 1.807) is 11.9 Å². The van der Waals surface area contributed by atoms with Crippen molar-refractivity contribution in [1.82, 2.24) is 9.80 Å². The summed E-state index contributed by atoms with van der Waals surface area (Å²) in [5.41, 5.74) is 1.16. The molecule has 0 radical (unpaired) electrons. The van der Waals surface area contributed by atoms with Gasteiger partial charge in [0.1, 0.15) is 0 Å². The Balaban J connectivity index is 1.72. The Morgan fingerprint density at radius 1 is 1.00 bits per heavy atom. The second-order valence-corrected chi connectivity index (χ2v) is 6.16. The van der Waals surface area contributed by atoms with Crippen LogP contribution in [-0.2, 0) is 14.4 Å². The van der Waals surface area contributed by atoms with Gasteiger partial charge in [-0.2, -0.15) is 0 Å². The number of para-hydroxylation sites is 1. The third kappa shape index (κ3) is 5.77. The summed E-state index contributed by atoms with van der Waals surface area (Å²) < 4.78 is 0. The van der Waals surface area contributed by atoms with Crippen LogP contribution in [0.2, 0.25) is 0 Å². The van der Waals surface area contributed by atoms with Gasteiger partial charge in [-0.15, -0.1) is 0 Å². The van der Waals surface area contributed by atoms with E-state index >= 15 is 0 Å². The molecule has 1 fully saturated rings. The quantitative estimate of drug-likeness (QED) is 0.797. The number of hydrogen-bond acceptors (Lipinski definition) is 4. The van der Waals surface area contributed by atoms with E-state index in [-0.39, 0.29) is 37.6 Å². The van der Waals surface area contributed by atoms with E-state index in [4.69, 9.17) is 5.11 Å². The first-order valence-corrected chi connectivity index (χ1v) is 8.51. The molecule has 1 aliphatic rings. The van der Waals surface area contributed by atoms with Gasteiger partial charge in [-0.05, 0) is 12.1 Å². The highest BCUT2D eigenvalue weighted by Crippen LogP contribution is 2.16. The zero-order valence-corrected chi connectivity index (χ0v) is 14.6. The smallest absolute Gasteiger partial charge is 0.305 e. The first kappa shape index (κ1) is 18.8. The van der Waals surface area contributed by atoms with Gasteiger partial charge in [0, 0.05) is 58.3 Å². The second-order valence-electron chi connectivity index (χ2n) is 6.16. The highest BCUT2D eigenvalue weighted by molar-refractivity contribution is 5.84. The number of aliphatic carboxylic acids is 1. The molecule has 1 aliphatic heterocycles. The molecule has 1 saturated heterocycles. The van der Waals surface area contributed by atoms with E-state index in [2.05, 4.69) is 17.0 Å². The number of amides is 2. The van der Waals surface area contributed by atoms with Crippen LogP contribution in [0.1, 0.15) is 19.3 Å². The Labute approximate surface area is 147 Å². The van der Waals surface area contributed by atoms with Crippen molar-refractivity contribution in [3.63, 3.8) is 0 Å². The lowest BCUT2D eigenvalue weighted by Gasteiger charge is -2.36. The molecular weight excluding hydrogens is 322 g/mol. The highest BCUT2D eigenvalue weighted by Gasteiger charge is 2.22. The maximum absolute atomic E-state index is 12.3. The zero-order valence-electron chi connectivity index (χ0n) is 14.6. The lowest BCUT2D eigenvalue weighted by atomic mass is 10.2. The molecule has 7 nitrogen and oxygen atoms in total. The summed E-state index contributed by atoms with van der Waals surface area (Å²) in [6, 6.07) is 10.1. The summed E-state index contributed by atoms with van der Waals surface area (Å²) in [5, 5.41) is 8.63. The van der Waals surface area contributed by atoms with Gasteiger partial charge in [-0.1, -0.05) is 18.2 Å². The summed E-state index contributed by atoms with van der Waals surface area (Å²) in [7, 11) is 1.56. The standard InChI is InChI=1S/C18H25N3O4/c1-19(10-9-18(24)25)16(22)7-8-17(23)21-13-11-20(12-14-21)15-5-3-2-4-6-15/h2-6H,7-14H2,1H3,(H,24,25). The number of carboxylic acids is 1. The predicted molar refractivity (Wildman–Crippen MR) is 94.4 cm³/mol. The number of benzene rings is 1. The molecule has 7 heteroatoms. The van der Waals surface area contributed by atoms with Gasteiger partial charge in [0.2, 0.25) is 11.8 Å². The van der Waals surface area contributed by atoms with Crippen LogP contribution in [0.4, 0.5) is 5.69 Å². The molecule has 0 atom stereocenters. The minimum absolute atomic E-state index is 0.0207.